The van der Waals surface area contributed by atoms with E-state index in [2.05, 4.69) is 65.5 Å². The van der Waals surface area contributed by atoms with E-state index < -0.39 is 140 Å². The fraction of sp³-hybridized carbons (Fsp3) is 0.591. The lowest BCUT2D eigenvalue weighted by atomic mass is 10.0. The lowest BCUT2D eigenvalue weighted by molar-refractivity contribution is -0.135. The van der Waals surface area contributed by atoms with E-state index in [-0.39, 0.29) is 62.7 Å². The Labute approximate surface area is 433 Å². The van der Waals surface area contributed by atoms with Gasteiger partial charge in [-0.15, -0.1) is 0 Å². The Kier molecular flexibility index (Phi) is 30.7. The van der Waals surface area contributed by atoms with E-state index in [1.807, 2.05) is 0 Å². The van der Waals surface area contributed by atoms with Crippen LogP contribution in [0, 0.1) is 5.92 Å². The maximum absolute atomic E-state index is 13.7. The highest BCUT2D eigenvalue weighted by Gasteiger charge is 2.32. The lowest BCUT2D eigenvalue weighted by Crippen LogP contribution is -2.60. The molecule has 0 saturated heterocycles. The zero-order chi connectivity index (χ0) is 55.9. The molecule has 11 amide bonds. The number of nitrogens with one attached hydrogen (secondary N) is 9. The number of hydrogen-bond acceptors (Lipinski definition) is 17. The van der Waals surface area contributed by atoms with Crippen molar-refractivity contribution in [2.24, 2.45) is 45.3 Å². The van der Waals surface area contributed by atoms with Gasteiger partial charge in [0.1, 0.15) is 42.3 Å². The normalized spacial score (nSPS) is 14.1. The Hall–Kier alpha value is -7.15. The minimum Gasteiger partial charge on any atom is -0.394 e. The second kappa shape index (κ2) is 35.1. The molecule has 0 heterocycles. The zero-order valence-electron chi connectivity index (χ0n) is 41.4. The molecule has 0 radical (unpaired) electrons. The topological polar surface area (TPSA) is 505 Å². The van der Waals surface area contributed by atoms with Crippen molar-refractivity contribution in [3.8, 4) is 0 Å². The summed E-state index contributed by atoms with van der Waals surface area (Å²) in [5.74, 6) is -10.8. The number of carbonyl (C=O) groups is 11. The Morgan fingerprint density at radius 1 is 0.568 bits per heavy atom. The maximum Gasteiger partial charge on any atom is 0.245 e. The first-order chi connectivity index (χ1) is 35.0. The lowest BCUT2D eigenvalue weighted by Gasteiger charge is -2.25. The number of thiol groups is 1. The molecule has 23 N–H and O–H groups in total. The predicted molar refractivity (Wildman–Crippen MR) is 271 cm³/mol. The highest BCUT2D eigenvalue weighted by molar-refractivity contribution is 7.80. The summed E-state index contributed by atoms with van der Waals surface area (Å²) in [6.45, 7) is 0.198. The van der Waals surface area contributed by atoms with Gasteiger partial charge in [0.25, 0.3) is 0 Å². The van der Waals surface area contributed by atoms with Gasteiger partial charge >= 0.3 is 0 Å². The third-order valence-corrected chi connectivity index (χ3v) is 11.1. The number of hydrogen-bond donors (Lipinski definition) is 18. The summed E-state index contributed by atoms with van der Waals surface area (Å²) in [7, 11) is 0. The van der Waals surface area contributed by atoms with E-state index in [9.17, 15) is 63.0 Å². The fourth-order valence-corrected chi connectivity index (χ4v) is 6.74. The second-order valence-corrected chi connectivity index (χ2v) is 17.5. The largest absolute Gasteiger partial charge is 0.394 e. The van der Waals surface area contributed by atoms with Crippen molar-refractivity contribution < 1.29 is 63.0 Å². The third kappa shape index (κ3) is 25.5. The van der Waals surface area contributed by atoms with E-state index in [0.717, 1.165) is 0 Å². The van der Waals surface area contributed by atoms with Crippen LogP contribution < -0.4 is 82.3 Å². The van der Waals surface area contributed by atoms with Crippen LogP contribution in [0.15, 0.2) is 35.3 Å². The molecule has 29 nitrogen and oxygen atoms in total. The maximum atomic E-state index is 13.7. The molecular weight excluding hydrogens is 993 g/mol. The fourth-order valence-electron chi connectivity index (χ4n) is 6.48. The summed E-state index contributed by atoms with van der Waals surface area (Å²) in [6.07, 6.45) is 0.779. The molecular formula is C44H74N16O13S. The number of nitrogens with zero attached hydrogens (tertiary/aromatic N) is 1. The summed E-state index contributed by atoms with van der Waals surface area (Å²) in [4.78, 5) is 146. The number of amides is 11. The molecule has 0 saturated carbocycles. The van der Waals surface area contributed by atoms with Crippen molar-refractivity contribution in [2.45, 2.75) is 114 Å². The number of rotatable bonds is 36. The Morgan fingerprint density at radius 2 is 1.03 bits per heavy atom. The van der Waals surface area contributed by atoms with E-state index in [4.69, 9.17) is 34.4 Å². The minimum absolute atomic E-state index is 0.00289. The molecule has 1 aromatic rings. The van der Waals surface area contributed by atoms with Gasteiger partial charge in [-0.1, -0.05) is 44.2 Å². The summed E-state index contributed by atoms with van der Waals surface area (Å²) in [6, 6.07) is -2.71. The number of aliphatic hydroxyl groups is 2. The van der Waals surface area contributed by atoms with Crippen molar-refractivity contribution in [3.63, 3.8) is 0 Å². The number of unbranched alkanes of at least 4 members (excludes halogenated alkanes) is 1. The van der Waals surface area contributed by atoms with Crippen LogP contribution in [0.1, 0.15) is 64.4 Å². The number of primary amides is 2. The van der Waals surface area contributed by atoms with E-state index in [0.29, 0.717) is 24.9 Å². The first kappa shape index (κ1) is 64.9. The first-order valence-electron chi connectivity index (χ1n) is 23.6. The molecule has 0 aliphatic rings. The van der Waals surface area contributed by atoms with Crippen LogP contribution in [0.3, 0.4) is 0 Å². The molecule has 30 heteroatoms. The average molecular weight is 1070 g/mol. The smallest absolute Gasteiger partial charge is 0.245 e. The van der Waals surface area contributed by atoms with Crippen molar-refractivity contribution in [1.29, 1.82) is 0 Å². The minimum atomic E-state index is -1.78. The molecule has 0 aromatic heterocycles. The molecule has 8 atom stereocenters. The SMILES string of the molecule is CC(C)[C@H](N)C(=O)N[C@@H](CCC(N)=O)C(=O)NCC(=O)N[C@@H](CO)C(=O)N[C@@H](CO)C(=O)N[C@@H](CS)C(=O)N[C@@H](Cc1ccccc1)C(=O)NCC(=O)N[C@@H](CCCN=C(N)N)C(=O)N[C@@H](CCCCN)C(N)=O. The molecule has 0 spiro atoms. The molecule has 0 aliphatic heterocycles. The van der Waals surface area contributed by atoms with Crippen LogP contribution in [0.25, 0.3) is 0 Å². The number of guanidine groups is 1. The van der Waals surface area contributed by atoms with Crippen molar-refractivity contribution in [2.75, 3.05) is 45.1 Å². The first-order valence-corrected chi connectivity index (χ1v) is 24.2. The second-order valence-electron chi connectivity index (χ2n) is 17.1. The summed E-state index contributed by atoms with van der Waals surface area (Å²) in [5, 5.41) is 41.1. The number of benzene rings is 1. The monoisotopic (exact) mass is 1070 g/mol. The highest BCUT2D eigenvalue weighted by Crippen LogP contribution is 2.08. The van der Waals surface area contributed by atoms with Gasteiger partial charge in [0.2, 0.25) is 65.0 Å². The van der Waals surface area contributed by atoms with Gasteiger partial charge in [-0.05, 0) is 56.6 Å². The highest BCUT2D eigenvalue weighted by atomic mass is 32.1. The standard InChI is InChI=1S/C44H74N16O13S/c1-23(2)35(47)43(73)57-27(13-14-32(46)63)37(67)52-19-34(65)55-29(20-61)40(70)59-30(21-62)41(71)60-31(22-74)42(72)58-28(17-24-9-4-3-5-10-24)38(68)53-18-33(64)54-26(12-8-16-51-44(49)50)39(69)56-25(36(48)66)11-6-7-15-45/h3-5,9-10,23,25-31,35,61-62,74H,6-8,11-22,45,47H2,1-2H3,(H2,46,63)(H2,48,66)(H,52,67)(H,53,68)(H,54,64)(H,55,65)(H,56,69)(H,57,73)(H,58,72)(H,59,70)(H,60,71)(H4,49,50,51)/t25-,26-,27-,28-,29-,30-,31-,35-/m0/s1. The number of aliphatic hydroxyl groups excluding tert-OH is 2. The predicted octanol–water partition coefficient (Wildman–Crippen LogP) is -8.31. The molecule has 1 aromatic carbocycles. The molecule has 0 bridgehead atoms. The van der Waals surface area contributed by atoms with Crippen LogP contribution in [0.5, 0.6) is 0 Å². The number of aliphatic imine (C=N–C) groups is 1. The average Bonchev–Trinajstić information content (AvgIpc) is 3.35. The quantitative estimate of drug-likeness (QED) is 0.0128. The van der Waals surface area contributed by atoms with E-state index >= 15 is 0 Å². The van der Waals surface area contributed by atoms with Gasteiger partial charge in [0.15, 0.2) is 5.96 Å². The Bertz CT molecular complexity index is 2080. The van der Waals surface area contributed by atoms with Gasteiger partial charge in [-0.25, -0.2) is 0 Å². The van der Waals surface area contributed by atoms with Crippen LogP contribution in [-0.4, -0.2) is 175 Å². The summed E-state index contributed by atoms with van der Waals surface area (Å²) in [5.41, 5.74) is 33.4. The number of carbonyl (C=O) groups excluding carboxylic acids is 11. The molecule has 0 unspecified atom stereocenters. The van der Waals surface area contributed by atoms with Crippen molar-refractivity contribution >= 4 is 83.6 Å². The zero-order valence-corrected chi connectivity index (χ0v) is 42.3. The summed E-state index contributed by atoms with van der Waals surface area (Å²) < 4.78 is 0. The van der Waals surface area contributed by atoms with Gasteiger partial charge < -0.3 is 92.5 Å². The van der Waals surface area contributed by atoms with E-state index in [1.54, 1.807) is 44.2 Å². The van der Waals surface area contributed by atoms with Crippen molar-refractivity contribution in [1.82, 2.24) is 47.9 Å². The van der Waals surface area contributed by atoms with Gasteiger partial charge in [-0.3, -0.25) is 57.7 Å². The van der Waals surface area contributed by atoms with Crippen LogP contribution >= 0.6 is 12.6 Å². The Morgan fingerprint density at radius 3 is 1.54 bits per heavy atom. The third-order valence-electron chi connectivity index (χ3n) is 10.8. The number of nitrogens with two attached hydrogens (primary N) is 6. The summed E-state index contributed by atoms with van der Waals surface area (Å²) >= 11 is 4.15. The van der Waals surface area contributed by atoms with Gasteiger partial charge in [0, 0.05) is 25.1 Å². The van der Waals surface area contributed by atoms with Crippen LogP contribution in [-0.2, 0) is 59.2 Å². The van der Waals surface area contributed by atoms with Gasteiger partial charge in [0.05, 0.1) is 32.3 Å². The van der Waals surface area contributed by atoms with Crippen molar-refractivity contribution in [3.05, 3.63) is 35.9 Å². The molecule has 0 aliphatic carbocycles. The van der Waals surface area contributed by atoms with Crippen LogP contribution in [0.2, 0.25) is 0 Å². The molecule has 0 fully saturated rings. The molecule has 1 rings (SSSR count). The molecule has 414 valence electrons. The van der Waals surface area contributed by atoms with Gasteiger partial charge in [-0.2, -0.15) is 12.6 Å². The molecule has 74 heavy (non-hydrogen) atoms. The Balaban J connectivity index is 3.08. The van der Waals surface area contributed by atoms with Crippen LogP contribution in [0.4, 0.5) is 0 Å². The van der Waals surface area contributed by atoms with E-state index in [1.165, 1.54) is 0 Å².